The highest BCUT2D eigenvalue weighted by Crippen LogP contribution is 2.38. The lowest BCUT2D eigenvalue weighted by Crippen LogP contribution is -2.18. The summed E-state index contributed by atoms with van der Waals surface area (Å²) in [7, 11) is 0. The molecule has 3 N–H and O–H groups in total. The number of hydrogen-bond acceptors (Lipinski definition) is 5. The number of aliphatic hydroxyl groups excluding tert-OH is 1. The second kappa shape index (κ2) is 6.70. The van der Waals surface area contributed by atoms with E-state index in [1.165, 1.54) is 12.8 Å². The van der Waals surface area contributed by atoms with E-state index >= 15 is 0 Å². The van der Waals surface area contributed by atoms with E-state index in [1.54, 1.807) is 0 Å². The average Bonchev–Trinajstić information content (AvgIpc) is 3.20. The van der Waals surface area contributed by atoms with Crippen molar-refractivity contribution in [3.63, 3.8) is 0 Å². The molecule has 5 heteroatoms. The molecule has 0 bridgehead atoms. The van der Waals surface area contributed by atoms with Crippen molar-refractivity contribution in [3.05, 3.63) is 11.9 Å². The van der Waals surface area contributed by atoms with Crippen LogP contribution >= 0.6 is 0 Å². The Bertz CT molecular complexity index is 406. The molecule has 1 saturated carbocycles. The molecule has 1 aliphatic rings. The fourth-order valence-electron chi connectivity index (χ4n) is 1.93. The molecule has 0 aliphatic heterocycles. The lowest BCUT2D eigenvalue weighted by atomic mass is 10.2. The Hall–Kier alpha value is -1.36. The maximum absolute atomic E-state index is 8.95. The molecule has 19 heavy (non-hydrogen) atoms. The van der Waals surface area contributed by atoms with Crippen molar-refractivity contribution in [2.75, 3.05) is 23.8 Å². The van der Waals surface area contributed by atoms with Gasteiger partial charge in [0.1, 0.15) is 17.5 Å². The standard InChI is InChI=1S/C14H24N4O/c1-3-7-15-12-9-13(16-10(2)6-8-19)18-14(17-12)11-4-5-11/h9-11,19H,3-8H2,1-2H3,(H2,15,16,17,18). The molecule has 1 aromatic heterocycles. The van der Waals surface area contributed by atoms with Crippen molar-refractivity contribution < 1.29 is 5.11 Å². The van der Waals surface area contributed by atoms with Crippen LogP contribution in [0.15, 0.2) is 6.07 Å². The van der Waals surface area contributed by atoms with Crippen molar-refractivity contribution in [2.24, 2.45) is 0 Å². The summed E-state index contributed by atoms with van der Waals surface area (Å²) < 4.78 is 0. The maximum Gasteiger partial charge on any atom is 0.136 e. The molecule has 5 nitrogen and oxygen atoms in total. The number of nitrogens with one attached hydrogen (secondary N) is 2. The number of rotatable bonds is 8. The third-order valence-corrected chi connectivity index (χ3v) is 3.20. The monoisotopic (exact) mass is 264 g/mol. The normalized spacial score (nSPS) is 16.2. The van der Waals surface area contributed by atoms with E-state index in [1.807, 2.05) is 13.0 Å². The summed E-state index contributed by atoms with van der Waals surface area (Å²) in [6.45, 7) is 5.30. The van der Waals surface area contributed by atoms with Gasteiger partial charge in [-0.3, -0.25) is 0 Å². The minimum Gasteiger partial charge on any atom is -0.396 e. The van der Waals surface area contributed by atoms with E-state index in [4.69, 9.17) is 5.11 Å². The van der Waals surface area contributed by atoms with Gasteiger partial charge in [-0.2, -0.15) is 0 Å². The Kier molecular flexibility index (Phi) is 4.96. The van der Waals surface area contributed by atoms with Crippen LogP contribution in [0.25, 0.3) is 0 Å². The van der Waals surface area contributed by atoms with Crippen LogP contribution in [0, 0.1) is 0 Å². The highest BCUT2D eigenvalue weighted by Gasteiger charge is 2.27. The first kappa shape index (κ1) is 14.1. The fourth-order valence-corrected chi connectivity index (χ4v) is 1.93. The van der Waals surface area contributed by atoms with E-state index in [9.17, 15) is 0 Å². The average molecular weight is 264 g/mol. The van der Waals surface area contributed by atoms with Crippen LogP contribution in [0.1, 0.15) is 51.3 Å². The highest BCUT2D eigenvalue weighted by atomic mass is 16.3. The molecule has 0 amide bonds. The van der Waals surface area contributed by atoms with E-state index in [2.05, 4.69) is 27.5 Å². The third kappa shape index (κ3) is 4.35. The van der Waals surface area contributed by atoms with Gasteiger partial charge in [0, 0.05) is 31.2 Å². The van der Waals surface area contributed by atoms with Crippen molar-refractivity contribution >= 4 is 11.6 Å². The van der Waals surface area contributed by atoms with Gasteiger partial charge in [0.05, 0.1) is 0 Å². The van der Waals surface area contributed by atoms with E-state index < -0.39 is 0 Å². The summed E-state index contributed by atoms with van der Waals surface area (Å²) in [5.41, 5.74) is 0. The zero-order chi connectivity index (χ0) is 13.7. The molecule has 1 unspecified atom stereocenters. The summed E-state index contributed by atoms with van der Waals surface area (Å²) >= 11 is 0. The summed E-state index contributed by atoms with van der Waals surface area (Å²) in [5, 5.41) is 15.6. The molecular weight excluding hydrogens is 240 g/mol. The predicted molar refractivity (Wildman–Crippen MR) is 77.6 cm³/mol. The maximum atomic E-state index is 8.95. The largest absolute Gasteiger partial charge is 0.396 e. The van der Waals surface area contributed by atoms with Gasteiger partial charge in [-0.1, -0.05) is 6.92 Å². The summed E-state index contributed by atoms with van der Waals surface area (Å²) in [5.74, 6) is 3.24. The Morgan fingerprint density at radius 2 is 2.11 bits per heavy atom. The van der Waals surface area contributed by atoms with Crippen molar-refractivity contribution in [3.8, 4) is 0 Å². The van der Waals surface area contributed by atoms with Crippen LogP contribution < -0.4 is 10.6 Å². The van der Waals surface area contributed by atoms with Gasteiger partial charge in [0.25, 0.3) is 0 Å². The Morgan fingerprint density at radius 3 is 2.74 bits per heavy atom. The zero-order valence-electron chi connectivity index (χ0n) is 11.8. The van der Waals surface area contributed by atoms with Gasteiger partial charge >= 0.3 is 0 Å². The summed E-state index contributed by atoms with van der Waals surface area (Å²) in [6, 6.07) is 2.17. The first-order valence-corrected chi connectivity index (χ1v) is 7.23. The Morgan fingerprint density at radius 1 is 1.37 bits per heavy atom. The van der Waals surface area contributed by atoms with Gasteiger partial charge in [-0.25, -0.2) is 9.97 Å². The van der Waals surface area contributed by atoms with Crippen molar-refractivity contribution in [2.45, 2.75) is 51.5 Å². The van der Waals surface area contributed by atoms with Crippen LogP contribution in [-0.2, 0) is 0 Å². The molecule has 1 aromatic rings. The Labute approximate surface area is 114 Å². The van der Waals surface area contributed by atoms with Gasteiger partial charge in [0.2, 0.25) is 0 Å². The first-order chi connectivity index (χ1) is 9.22. The highest BCUT2D eigenvalue weighted by molar-refractivity contribution is 5.48. The third-order valence-electron chi connectivity index (χ3n) is 3.20. The van der Waals surface area contributed by atoms with Crippen molar-refractivity contribution in [1.82, 2.24) is 9.97 Å². The molecule has 0 radical (unpaired) electrons. The molecule has 0 aromatic carbocycles. The van der Waals surface area contributed by atoms with Gasteiger partial charge in [-0.05, 0) is 32.6 Å². The van der Waals surface area contributed by atoms with E-state index in [0.29, 0.717) is 5.92 Å². The second-order valence-corrected chi connectivity index (χ2v) is 5.26. The molecule has 1 fully saturated rings. The van der Waals surface area contributed by atoms with Crippen LogP contribution in [0.2, 0.25) is 0 Å². The van der Waals surface area contributed by atoms with Crippen LogP contribution in [-0.4, -0.2) is 34.3 Å². The minimum atomic E-state index is 0.190. The smallest absolute Gasteiger partial charge is 0.136 e. The lowest BCUT2D eigenvalue weighted by Gasteiger charge is -2.15. The van der Waals surface area contributed by atoms with Gasteiger partial charge in [-0.15, -0.1) is 0 Å². The molecule has 1 atom stereocenters. The zero-order valence-corrected chi connectivity index (χ0v) is 11.8. The fraction of sp³-hybridized carbons (Fsp3) is 0.714. The molecule has 0 spiro atoms. The van der Waals surface area contributed by atoms with Crippen LogP contribution in [0.3, 0.4) is 0 Å². The topological polar surface area (TPSA) is 70.1 Å². The number of aliphatic hydroxyl groups is 1. The molecule has 2 rings (SSSR count). The summed E-state index contributed by atoms with van der Waals surface area (Å²) in [6.07, 6.45) is 4.19. The van der Waals surface area contributed by atoms with Crippen molar-refractivity contribution in [1.29, 1.82) is 0 Å². The number of nitrogens with zero attached hydrogens (tertiary/aromatic N) is 2. The minimum absolute atomic E-state index is 0.190. The van der Waals surface area contributed by atoms with Gasteiger partial charge in [0.15, 0.2) is 0 Å². The van der Waals surface area contributed by atoms with Crippen LogP contribution in [0.5, 0.6) is 0 Å². The number of hydrogen-bond donors (Lipinski definition) is 3. The molecule has 1 aliphatic carbocycles. The lowest BCUT2D eigenvalue weighted by molar-refractivity contribution is 0.282. The first-order valence-electron chi connectivity index (χ1n) is 7.23. The predicted octanol–water partition coefficient (Wildman–Crippen LogP) is 2.36. The molecular formula is C14H24N4O. The molecule has 0 saturated heterocycles. The van der Waals surface area contributed by atoms with Crippen LogP contribution in [0.4, 0.5) is 11.6 Å². The van der Waals surface area contributed by atoms with E-state index in [-0.39, 0.29) is 12.6 Å². The second-order valence-electron chi connectivity index (χ2n) is 5.26. The Balaban J connectivity index is 2.09. The van der Waals surface area contributed by atoms with E-state index in [0.717, 1.165) is 36.8 Å². The molecule has 1 heterocycles. The number of aromatic nitrogens is 2. The number of anilines is 2. The SMILES string of the molecule is CCCNc1cc(NC(C)CCO)nc(C2CC2)n1. The quantitative estimate of drug-likeness (QED) is 0.672. The molecule has 106 valence electrons. The summed E-state index contributed by atoms with van der Waals surface area (Å²) in [4.78, 5) is 9.16. The van der Waals surface area contributed by atoms with Gasteiger partial charge < -0.3 is 15.7 Å².